The van der Waals surface area contributed by atoms with Crippen molar-refractivity contribution in [2.45, 2.75) is 38.3 Å². The van der Waals surface area contributed by atoms with Gasteiger partial charge in [0, 0.05) is 49.0 Å². The molecule has 7 nitrogen and oxygen atoms in total. The van der Waals surface area contributed by atoms with E-state index in [1.807, 2.05) is 30.0 Å². The lowest BCUT2D eigenvalue weighted by atomic mass is 9.95. The van der Waals surface area contributed by atoms with Crippen LogP contribution in [0, 0.1) is 0 Å². The molecule has 0 saturated carbocycles. The Bertz CT molecular complexity index is 903. The van der Waals surface area contributed by atoms with Crippen molar-refractivity contribution in [1.82, 2.24) is 19.4 Å². The van der Waals surface area contributed by atoms with Crippen molar-refractivity contribution < 1.29 is 13.2 Å². The number of likely N-dealkylation sites (tertiary alicyclic amines) is 1. The van der Waals surface area contributed by atoms with Gasteiger partial charge >= 0.3 is 0 Å². The Balaban J connectivity index is 1.38. The molecular formula is C19H24N4O3S. The van der Waals surface area contributed by atoms with E-state index in [0.29, 0.717) is 31.1 Å². The highest BCUT2D eigenvalue weighted by atomic mass is 32.2. The maximum absolute atomic E-state index is 12.6. The summed E-state index contributed by atoms with van der Waals surface area (Å²) in [4.78, 5) is 14.4. The van der Waals surface area contributed by atoms with Crippen molar-refractivity contribution >= 4 is 15.9 Å². The molecule has 2 saturated heterocycles. The standard InChI is InChI=1S/C19H24N4O3S/c1-14-3-2-10-27(25,26)23(14)11-15-4-6-16(7-5-15)19(24)22-12-17(13-22)18-8-9-20-21-18/h4-9,14,17H,2-3,10-13H2,1H3,(H,20,21). The molecule has 27 heavy (non-hydrogen) atoms. The highest BCUT2D eigenvalue weighted by molar-refractivity contribution is 7.89. The van der Waals surface area contributed by atoms with Gasteiger partial charge in [-0.1, -0.05) is 12.1 Å². The minimum absolute atomic E-state index is 0.0104. The van der Waals surface area contributed by atoms with E-state index >= 15 is 0 Å². The van der Waals surface area contributed by atoms with Gasteiger partial charge in [0.25, 0.3) is 5.91 Å². The van der Waals surface area contributed by atoms with E-state index in [4.69, 9.17) is 0 Å². The number of carbonyl (C=O) groups excluding carboxylic acids is 1. The second-order valence-corrected chi connectivity index (χ2v) is 9.51. The number of nitrogens with one attached hydrogen (secondary N) is 1. The summed E-state index contributed by atoms with van der Waals surface area (Å²) in [6, 6.07) is 9.26. The van der Waals surface area contributed by atoms with Gasteiger partial charge in [-0.05, 0) is 43.5 Å². The van der Waals surface area contributed by atoms with Crippen LogP contribution >= 0.6 is 0 Å². The highest BCUT2D eigenvalue weighted by Crippen LogP contribution is 2.27. The van der Waals surface area contributed by atoms with Crippen LogP contribution in [0.3, 0.4) is 0 Å². The average Bonchev–Trinajstić information content (AvgIpc) is 3.11. The largest absolute Gasteiger partial charge is 0.337 e. The molecule has 3 heterocycles. The zero-order valence-corrected chi connectivity index (χ0v) is 16.2. The summed E-state index contributed by atoms with van der Waals surface area (Å²) in [5, 5.41) is 6.90. The van der Waals surface area contributed by atoms with Crippen LogP contribution < -0.4 is 0 Å². The van der Waals surface area contributed by atoms with Crippen LogP contribution in [0.1, 0.15) is 47.3 Å². The van der Waals surface area contributed by atoms with Crippen LogP contribution in [0.4, 0.5) is 0 Å². The van der Waals surface area contributed by atoms with Crippen LogP contribution in [0.25, 0.3) is 0 Å². The van der Waals surface area contributed by atoms with Gasteiger partial charge in [0.05, 0.1) is 5.75 Å². The molecule has 1 N–H and O–H groups in total. The number of nitrogens with zero attached hydrogens (tertiary/aromatic N) is 3. The molecule has 8 heteroatoms. The fraction of sp³-hybridized carbons (Fsp3) is 0.474. The molecule has 1 aromatic carbocycles. The van der Waals surface area contributed by atoms with Gasteiger partial charge in [-0.3, -0.25) is 9.89 Å². The molecule has 0 radical (unpaired) electrons. The van der Waals surface area contributed by atoms with Crippen LogP contribution in [0.5, 0.6) is 0 Å². The summed E-state index contributed by atoms with van der Waals surface area (Å²) < 4.78 is 26.2. The van der Waals surface area contributed by atoms with Crippen molar-refractivity contribution in [1.29, 1.82) is 0 Å². The topological polar surface area (TPSA) is 86.4 Å². The van der Waals surface area contributed by atoms with Gasteiger partial charge in [-0.15, -0.1) is 0 Å². The SMILES string of the molecule is CC1CCCS(=O)(=O)N1Cc1ccc(C(=O)N2CC(c3ccn[nH]3)C2)cc1. The molecule has 1 amide bonds. The number of sulfonamides is 1. The van der Waals surface area contributed by atoms with E-state index in [1.54, 1.807) is 22.6 Å². The normalized spacial score (nSPS) is 23.1. The Morgan fingerprint density at radius 3 is 2.59 bits per heavy atom. The van der Waals surface area contributed by atoms with Crippen LogP contribution in [0.15, 0.2) is 36.5 Å². The first-order valence-electron chi connectivity index (χ1n) is 9.31. The predicted molar refractivity (Wildman–Crippen MR) is 102 cm³/mol. The third-order valence-corrected chi connectivity index (χ3v) is 7.55. The fourth-order valence-electron chi connectivity index (χ4n) is 3.80. The number of aromatic amines is 1. The van der Waals surface area contributed by atoms with Crippen molar-refractivity contribution in [3.63, 3.8) is 0 Å². The number of hydrogen-bond acceptors (Lipinski definition) is 4. The van der Waals surface area contributed by atoms with Crippen molar-refractivity contribution in [2.75, 3.05) is 18.8 Å². The third kappa shape index (κ3) is 3.64. The number of hydrogen-bond donors (Lipinski definition) is 1. The van der Waals surface area contributed by atoms with E-state index in [2.05, 4.69) is 10.2 Å². The molecule has 1 atom stereocenters. The van der Waals surface area contributed by atoms with Gasteiger partial charge in [-0.25, -0.2) is 8.42 Å². The van der Waals surface area contributed by atoms with E-state index in [1.165, 1.54) is 0 Å². The summed E-state index contributed by atoms with van der Waals surface area (Å²) in [5.74, 6) is 0.554. The number of H-pyrrole nitrogens is 1. The first kappa shape index (κ1) is 18.2. The lowest BCUT2D eigenvalue weighted by Crippen LogP contribution is -2.48. The van der Waals surface area contributed by atoms with Gasteiger partial charge < -0.3 is 4.90 Å². The lowest BCUT2D eigenvalue weighted by molar-refractivity contribution is 0.0598. The second kappa shape index (κ2) is 7.09. The van der Waals surface area contributed by atoms with E-state index in [-0.39, 0.29) is 17.7 Å². The molecule has 144 valence electrons. The quantitative estimate of drug-likeness (QED) is 0.868. The molecule has 2 fully saturated rings. The Labute approximate surface area is 159 Å². The molecule has 0 spiro atoms. The second-order valence-electron chi connectivity index (χ2n) is 7.47. The molecule has 1 unspecified atom stereocenters. The number of carbonyl (C=O) groups is 1. The number of aromatic nitrogens is 2. The van der Waals surface area contributed by atoms with Crippen molar-refractivity contribution in [2.24, 2.45) is 0 Å². The van der Waals surface area contributed by atoms with Crippen LogP contribution in [-0.4, -0.2) is 58.6 Å². The maximum atomic E-state index is 12.6. The Hall–Kier alpha value is -2.19. The number of rotatable bonds is 4. The molecule has 2 aromatic rings. The molecule has 4 rings (SSSR count). The number of benzene rings is 1. The molecule has 0 aliphatic carbocycles. The first-order valence-corrected chi connectivity index (χ1v) is 10.9. The Morgan fingerprint density at radius 1 is 1.22 bits per heavy atom. The van der Waals surface area contributed by atoms with E-state index in [9.17, 15) is 13.2 Å². The van der Waals surface area contributed by atoms with Crippen LogP contribution in [-0.2, 0) is 16.6 Å². The average molecular weight is 388 g/mol. The van der Waals surface area contributed by atoms with Gasteiger partial charge in [0.2, 0.25) is 10.0 Å². The maximum Gasteiger partial charge on any atom is 0.253 e. The van der Waals surface area contributed by atoms with Gasteiger partial charge in [-0.2, -0.15) is 9.40 Å². The monoisotopic (exact) mass is 388 g/mol. The summed E-state index contributed by atoms with van der Waals surface area (Å²) in [5.41, 5.74) is 2.60. The predicted octanol–water partition coefficient (Wildman–Crippen LogP) is 1.96. The zero-order chi connectivity index (χ0) is 19.0. The minimum atomic E-state index is -3.18. The molecule has 0 bridgehead atoms. The van der Waals surface area contributed by atoms with Crippen molar-refractivity contribution in [3.05, 3.63) is 53.3 Å². The number of amides is 1. The minimum Gasteiger partial charge on any atom is -0.337 e. The third-order valence-electron chi connectivity index (χ3n) is 5.54. The van der Waals surface area contributed by atoms with E-state index in [0.717, 1.165) is 24.1 Å². The van der Waals surface area contributed by atoms with Gasteiger partial charge in [0.15, 0.2) is 0 Å². The highest BCUT2D eigenvalue weighted by Gasteiger charge is 2.33. The summed E-state index contributed by atoms with van der Waals surface area (Å²) >= 11 is 0. The molecular weight excluding hydrogens is 364 g/mol. The van der Waals surface area contributed by atoms with Crippen LogP contribution in [0.2, 0.25) is 0 Å². The first-order chi connectivity index (χ1) is 12.9. The van der Waals surface area contributed by atoms with Crippen molar-refractivity contribution in [3.8, 4) is 0 Å². The van der Waals surface area contributed by atoms with E-state index < -0.39 is 10.0 Å². The summed E-state index contributed by atoms with van der Waals surface area (Å²) in [7, 11) is -3.18. The zero-order valence-electron chi connectivity index (χ0n) is 15.3. The summed E-state index contributed by atoms with van der Waals surface area (Å²) in [6.45, 7) is 3.69. The summed E-state index contributed by atoms with van der Waals surface area (Å²) in [6.07, 6.45) is 3.34. The molecule has 2 aliphatic heterocycles. The molecule has 1 aromatic heterocycles. The molecule has 2 aliphatic rings. The lowest BCUT2D eigenvalue weighted by Gasteiger charge is -2.38. The smallest absolute Gasteiger partial charge is 0.253 e. The Kier molecular flexibility index (Phi) is 4.77. The van der Waals surface area contributed by atoms with Gasteiger partial charge in [0.1, 0.15) is 0 Å². The Morgan fingerprint density at radius 2 is 1.96 bits per heavy atom. The fourth-order valence-corrected chi connectivity index (χ4v) is 5.57.